The summed E-state index contributed by atoms with van der Waals surface area (Å²) in [5, 5.41) is 12.6. The quantitative estimate of drug-likeness (QED) is 0.235. The van der Waals surface area contributed by atoms with E-state index in [0.29, 0.717) is 31.1 Å². The number of amides is 1. The fourth-order valence-corrected chi connectivity index (χ4v) is 4.05. The number of carbonyl (C=O) groups excluding carboxylic acids is 1. The van der Waals surface area contributed by atoms with Crippen molar-refractivity contribution in [3.63, 3.8) is 0 Å². The number of aliphatic hydroxyl groups excluding tert-OH is 1. The van der Waals surface area contributed by atoms with E-state index >= 15 is 0 Å². The number of ether oxygens (including phenoxy) is 1. The first-order valence-corrected chi connectivity index (χ1v) is 11.9. The fraction of sp³-hybridized carbons (Fsp3) is 0.304. The highest BCUT2D eigenvalue weighted by Gasteiger charge is 2.25. The van der Waals surface area contributed by atoms with E-state index in [0.717, 1.165) is 24.2 Å². The minimum atomic E-state index is -0.486. The summed E-state index contributed by atoms with van der Waals surface area (Å²) in [6.07, 6.45) is 5.68. The minimum Gasteiger partial charge on any atom is -0.394 e. The van der Waals surface area contributed by atoms with Crippen LogP contribution in [0.2, 0.25) is 0 Å². The molecule has 1 amide bonds. The molecule has 0 aliphatic carbocycles. The first-order valence-electron chi connectivity index (χ1n) is 10.9. The molecular formula is C23H26IN7O3. The van der Waals surface area contributed by atoms with Gasteiger partial charge < -0.3 is 25.8 Å². The first-order chi connectivity index (χ1) is 16.6. The molecule has 5 N–H and O–H groups in total. The number of carbonyl (C=O) groups is 1. The van der Waals surface area contributed by atoms with Crippen LogP contribution >= 0.6 is 22.9 Å². The molecular weight excluding hydrogens is 549 g/mol. The fourth-order valence-electron chi connectivity index (χ4n) is 3.78. The lowest BCUT2D eigenvalue weighted by atomic mass is 10.1. The Morgan fingerprint density at radius 2 is 2.09 bits per heavy atom. The van der Waals surface area contributed by atoms with Crippen LogP contribution in [0.3, 0.4) is 0 Å². The van der Waals surface area contributed by atoms with Crippen LogP contribution in [-0.2, 0) is 11.2 Å². The zero-order chi connectivity index (χ0) is 23.9. The van der Waals surface area contributed by atoms with Crippen molar-refractivity contribution in [2.75, 3.05) is 48.9 Å². The van der Waals surface area contributed by atoms with Gasteiger partial charge in [0.25, 0.3) is 5.91 Å². The Morgan fingerprint density at radius 3 is 2.85 bits per heavy atom. The predicted octanol–water partition coefficient (Wildman–Crippen LogP) is 2.05. The number of hydrogen-bond donors (Lipinski definition) is 4. The Bertz CT molecular complexity index is 1130. The highest BCUT2D eigenvalue weighted by Crippen LogP contribution is 2.28. The van der Waals surface area contributed by atoms with Gasteiger partial charge >= 0.3 is 0 Å². The second kappa shape index (κ2) is 11.5. The van der Waals surface area contributed by atoms with Gasteiger partial charge in [-0.25, -0.2) is 9.97 Å². The van der Waals surface area contributed by atoms with E-state index in [4.69, 9.17) is 10.5 Å². The van der Waals surface area contributed by atoms with Crippen LogP contribution in [-0.4, -0.2) is 64.9 Å². The Balaban J connectivity index is 1.56. The SMILES string of the molecule is Nc1ncc(-c2ccc(CCNI)cc2)nc1C(=O)Nc1cnccc1N1CCOCC1CO. The van der Waals surface area contributed by atoms with Crippen molar-refractivity contribution in [1.29, 1.82) is 0 Å². The molecule has 4 rings (SSSR count). The molecule has 3 aromatic rings. The smallest absolute Gasteiger partial charge is 0.278 e. The number of aliphatic hydroxyl groups is 1. The number of halogens is 1. The topological polar surface area (TPSA) is 139 Å². The van der Waals surface area contributed by atoms with Gasteiger partial charge in [-0.1, -0.05) is 24.3 Å². The van der Waals surface area contributed by atoms with Crippen LogP contribution in [0.15, 0.2) is 48.9 Å². The van der Waals surface area contributed by atoms with Gasteiger partial charge in [0, 0.05) is 47.7 Å². The number of benzene rings is 1. The van der Waals surface area contributed by atoms with Crippen LogP contribution in [0.1, 0.15) is 16.1 Å². The monoisotopic (exact) mass is 575 g/mol. The standard InChI is InChI=1S/C23H26IN7O3/c24-28-8-5-15-1-3-16(4-2-15)18-12-27-22(25)21(29-18)23(33)30-19-11-26-7-6-20(19)31-9-10-34-14-17(31)13-32/h1-4,6-7,11-12,17,28,32H,5,8-10,13-14H2,(H2,25,27)(H,30,33). The number of nitrogens with one attached hydrogen (secondary N) is 2. The average Bonchev–Trinajstić information content (AvgIpc) is 2.88. The molecule has 0 bridgehead atoms. The third kappa shape index (κ3) is 5.60. The second-order valence-corrected chi connectivity index (χ2v) is 8.53. The summed E-state index contributed by atoms with van der Waals surface area (Å²) in [5.74, 6) is -0.448. The number of pyridine rings is 1. The van der Waals surface area contributed by atoms with Crippen LogP contribution in [0.5, 0.6) is 0 Å². The Labute approximate surface area is 211 Å². The van der Waals surface area contributed by atoms with E-state index in [1.807, 2.05) is 29.2 Å². The first kappa shape index (κ1) is 24.3. The Kier molecular flexibility index (Phi) is 8.21. The molecule has 1 atom stereocenters. The summed E-state index contributed by atoms with van der Waals surface area (Å²) in [5.41, 5.74) is 9.87. The van der Waals surface area contributed by atoms with Crippen LogP contribution < -0.4 is 19.5 Å². The molecule has 0 radical (unpaired) electrons. The van der Waals surface area contributed by atoms with E-state index in [-0.39, 0.29) is 24.2 Å². The molecule has 178 valence electrons. The third-order valence-electron chi connectivity index (χ3n) is 5.57. The summed E-state index contributed by atoms with van der Waals surface area (Å²) in [6.45, 7) is 2.33. The summed E-state index contributed by atoms with van der Waals surface area (Å²) in [6, 6.07) is 9.56. The number of aromatic nitrogens is 3. The summed E-state index contributed by atoms with van der Waals surface area (Å²) in [7, 11) is 0. The molecule has 10 nitrogen and oxygen atoms in total. The number of hydrogen-bond acceptors (Lipinski definition) is 9. The largest absolute Gasteiger partial charge is 0.394 e. The van der Waals surface area contributed by atoms with Crippen molar-refractivity contribution < 1.29 is 14.6 Å². The van der Waals surface area contributed by atoms with Crippen molar-refractivity contribution in [1.82, 2.24) is 18.5 Å². The second-order valence-electron chi connectivity index (χ2n) is 7.77. The molecule has 0 saturated carbocycles. The molecule has 1 aromatic carbocycles. The van der Waals surface area contributed by atoms with E-state index in [2.05, 4.69) is 46.7 Å². The maximum Gasteiger partial charge on any atom is 0.278 e. The number of nitrogens with zero attached hydrogens (tertiary/aromatic N) is 4. The van der Waals surface area contributed by atoms with Crippen LogP contribution in [0, 0.1) is 0 Å². The number of morpholine rings is 1. The summed E-state index contributed by atoms with van der Waals surface area (Å²) < 4.78 is 8.57. The van der Waals surface area contributed by atoms with Gasteiger partial charge in [-0.05, 0) is 18.1 Å². The number of nitrogen functional groups attached to an aromatic ring is 1. The third-order valence-corrected chi connectivity index (χ3v) is 6.11. The average molecular weight is 575 g/mol. The maximum absolute atomic E-state index is 13.2. The van der Waals surface area contributed by atoms with E-state index in [1.54, 1.807) is 24.7 Å². The van der Waals surface area contributed by atoms with Gasteiger partial charge in [-0.2, -0.15) is 0 Å². The van der Waals surface area contributed by atoms with Crippen LogP contribution in [0.4, 0.5) is 17.2 Å². The Hall–Kier alpha value is -2.87. The van der Waals surface area contributed by atoms with Crippen molar-refractivity contribution in [3.8, 4) is 11.3 Å². The molecule has 1 aliphatic heterocycles. The van der Waals surface area contributed by atoms with Gasteiger partial charge in [-0.3, -0.25) is 13.3 Å². The molecule has 0 spiro atoms. The molecule has 2 aromatic heterocycles. The van der Waals surface area contributed by atoms with E-state index < -0.39 is 5.91 Å². The van der Waals surface area contributed by atoms with Crippen molar-refractivity contribution >= 4 is 46.0 Å². The molecule has 11 heteroatoms. The number of rotatable bonds is 8. The normalized spacial score (nSPS) is 15.8. The van der Waals surface area contributed by atoms with Gasteiger partial charge in [0.2, 0.25) is 0 Å². The lowest BCUT2D eigenvalue weighted by molar-refractivity contribution is 0.0728. The van der Waals surface area contributed by atoms with E-state index in [9.17, 15) is 9.90 Å². The zero-order valence-corrected chi connectivity index (χ0v) is 20.6. The lowest BCUT2D eigenvalue weighted by Gasteiger charge is -2.37. The summed E-state index contributed by atoms with van der Waals surface area (Å²) in [4.78, 5) is 28.0. The van der Waals surface area contributed by atoms with Crippen molar-refractivity contribution in [2.45, 2.75) is 12.5 Å². The molecule has 1 fully saturated rings. The molecule has 34 heavy (non-hydrogen) atoms. The summed E-state index contributed by atoms with van der Waals surface area (Å²) >= 11 is 2.13. The Morgan fingerprint density at radius 1 is 1.26 bits per heavy atom. The van der Waals surface area contributed by atoms with Gasteiger partial charge in [0.05, 0.1) is 55.3 Å². The minimum absolute atomic E-state index is 0.0335. The van der Waals surface area contributed by atoms with Crippen molar-refractivity contribution in [3.05, 3.63) is 60.2 Å². The van der Waals surface area contributed by atoms with Gasteiger partial charge in [0.1, 0.15) is 0 Å². The number of anilines is 3. The van der Waals surface area contributed by atoms with Crippen molar-refractivity contribution in [2.24, 2.45) is 0 Å². The van der Waals surface area contributed by atoms with Gasteiger partial charge in [0.15, 0.2) is 11.5 Å². The molecule has 1 aliphatic rings. The van der Waals surface area contributed by atoms with Gasteiger partial charge in [-0.15, -0.1) is 0 Å². The van der Waals surface area contributed by atoms with Crippen LogP contribution in [0.25, 0.3) is 11.3 Å². The zero-order valence-electron chi connectivity index (χ0n) is 18.4. The number of nitrogens with two attached hydrogens (primary N) is 1. The maximum atomic E-state index is 13.2. The molecule has 1 unspecified atom stereocenters. The van der Waals surface area contributed by atoms with E-state index in [1.165, 1.54) is 5.56 Å². The lowest BCUT2D eigenvalue weighted by Crippen LogP contribution is -2.48. The highest BCUT2D eigenvalue weighted by atomic mass is 127. The molecule has 1 saturated heterocycles. The highest BCUT2D eigenvalue weighted by molar-refractivity contribution is 14.1. The predicted molar refractivity (Wildman–Crippen MR) is 139 cm³/mol. The molecule has 3 heterocycles.